The van der Waals surface area contributed by atoms with Crippen LogP contribution >= 0.6 is 0 Å². The molecule has 1 saturated heterocycles. The summed E-state index contributed by atoms with van der Waals surface area (Å²) >= 11 is 0. The highest BCUT2D eigenvalue weighted by Gasteiger charge is 2.33. The van der Waals surface area contributed by atoms with Crippen molar-refractivity contribution in [2.45, 2.75) is 13.0 Å². The number of rotatable bonds is 4. The molecule has 0 aliphatic carbocycles. The van der Waals surface area contributed by atoms with Gasteiger partial charge in [0, 0.05) is 12.4 Å². The number of ether oxygens (including phenoxy) is 1. The van der Waals surface area contributed by atoms with E-state index in [-0.39, 0.29) is 30.1 Å². The average Bonchev–Trinajstić information content (AvgIpc) is 2.77. The van der Waals surface area contributed by atoms with Crippen molar-refractivity contribution in [3.8, 4) is 0 Å². The van der Waals surface area contributed by atoms with Crippen LogP contribution in [0.5, 0.6) is 0 Å². The van der Waals surface area contributed by atoms with E-state index in [4.69, 9.17) is 14.8 Å². The summed E-state index contributed by atoms with van der Waals surface area (Å²) in [4.78, 5) is 23.8. The average molecular weight is 296 g/mol. The Bertz CT molecular complexity index is 569. The molecule has 3 N–H and O–H groups in total. The van der Waals surface area contributed by atoms with Crippen molar-refractivity contribution in [2.24, 2.45) is 0 Å². The number of carbonyl (C=O) groups excluding carboxylic acids is 2. The fraction of sp³-hybridized carbons (Fsp3) is 0.333. The van der Waals surface area contributed by atoms with Crippen LogP contribution in [0.4, 0.5) is 14.9 Å². The van der Waals surface area contributed by atoms with E-state index >= 15 is 0 Å². The van der Waals surface area contributed by atoms with Crippen LogP contribution in [0, 0.1) is 5.82 Å². The quantitative estimate of drug-likeness (QED) is 0.617. The van der Waals surface area contributed by atoms with E-state index in [1.165, 1.54) is 24.0 Å². The first kappa shape index (κ1) is 15.3. The third kappa shape index (κ3) is 3.50. The monoisotopic (exact) mass is 296 g/mol. The van der Waals surface area contributed by atoms with Gasteiger partial charge < -0.3 is 20.1 Å². The molecule has 1 unspecified atom stereocenters. The zero-order valence-corrected chi connectivity index (χ0v) is 11.2. The highest BCUT2D eigenvalue weighted by Crippen LogP contribution is 2.21. The van der Waals surface area contributed by atoms with Crippen molar-refractivity contribution < 1.29 is 28.8 Å². The van der Waals surface area contributed by atoms with Crippen LogP contribution in [0.3, 0.4) is 0 Å². The van der Waals surface area contributed by atoms with Crippen LogP contribution in [0.1, 0.15) is 6.92 Å². The number of anilines is 1. The lowest BCUT2D eigenvalue weighted by Crippen LogP contribution is -2.34. The maximum Gasteiger partial charge on any atom is 0.491 e. The summed E-state index contributed by atoms with van der Waals surface area (Å²) < 4.78 is 18.7. The molecule has 0 spiro atoms. The van der Waals surface area contributed by atoms with Crippen molar-refractivity contribution in [2.75, 3.05) is 18.0 Å². The summed E-state index contributed by atoms with van der Waals surface area (Å²) in [7, 11) is -1.92. The van der Waals surface area contributed by atoms with Crippen LogP contribution in [0.15, 0.2) is 18.2 Å². The van der Waals surface area contributed by atoms with E-state index in [1.807, 2.05) is 0 Å². The van der Waals surface area contributed by atoms with E-state index < -0.39 is 25.1 Å². The smallest absolute Gasteiger partial charge is 0.442 e. The first-order valence-electron chi connectivity index (χ1n) is 6.26. The molecule has 2 amide bonds. The van der Waals surface area contributed by atoms with Crippen molar-refractivity contribution in [1.29, 1.82) is 0 Å². The molecule has 1 heterocycles. The Hall–Kier alpha value is -2.13. The minimum Gasteiger partial charge on any atom is -0.442 e. The van der Waals surface area contributed by atoms with Gasteiger partial charge in [-0.15, -0.1) is 0 Å². The summed E-state index contributed by atoms with van der Waals surface area (Å²) in [6, 6.07) is 3.60. The molecule has 1 aromatic carbocycles. The van der Waals surface area contributed by atoms with Gasteiger partial charge in [0.05, 0.1) is 18.8 Å². The zero-order chi connectivity index (χ0) is 15.6. The molecule has 0 aromatic heterocycles. The van der Waals surface area contributed by atoms with Gasteiger partial charge in [-0.2, -0.15) is 0 Å². The number of nitrogens with one attached hydrogen (secondary N) is 1. The Kier molecular flexibility index (Phi) is 4.44. The predicted octanol–water partition coefficient (Wildman–Crippen LogP) is -1.03. The molecule has 1 aliphatic heterocycles. The normalized spacial score (nSPS) is 17.6. The first-order chi connectivity index (χ1) is 9.88. The van der Waals surface area contributed by atoms with Crippen molar-refractivity contribution in [3.05, 3.63) is 24.0 Å². The van der Waals surface area contributed by atoms with E-state index in [1.54, 1.807) is 0 Å². The fourth-order valence-corrected chi connectivity index (χ4v) is 1.99. The van der Waals surface area contributed by atoms with E-state index in [9.17, 15) is 14.0 Å². The SMILES string of the molecule is CC(=O)NCC1CN(c2ccc(B(O)O)c(F)c2)C(=O)O1. The maximum absolute atomic E-state index is 13.7. The topological polar surface area (TPSA) is 99.1 Å². The highest BCUT2D eigenvalue weighted by atomic mass is 19.1. The predicted molar refractivity (Wildman–Crippen MR) is 72.5 cm³/mol. The molecule has 9 heteroatoms. The zero-order valence-electron chi connectivity index (χ0n) is 11.2. The minimum absolute atomic E-state index is 0.166. The molecule has 2 rings (SSSR count). The Labute approximate surface area is 120 Å². The summed E-state index contributed by atoms with van der Waals surface area (Å²) in [5, 5.41) is 20.4. The number of benzene rings is 1. The van der Waals surface area contributed by atoms with Crippen LogP contribution in [0.25, 0.3) is 0 Å². The van der Waals surface area contributed by atoms with Gasteiger partial charge >= 0.3 is 13.2 Å². The van der Waals surface area contributed by atoms with Gasteiger partial charge in [0.1, 0.15) is 11.9 Å². The molecular weight excluding hydrogens is 282 g/mol. The van der Waals surface area contributed by atoms with Gasteiger partial charge in [-0.3, -0.25) is 9.69 Å². The first-order valence-corrected chi connectivity index (χ1v) is 6.26. The standard InChI is InChI=1S/C12H14BFN2O5/c1-7(17)15-5-9-6-16(12(18)21-9)8-2-3-10(13(19)20)11(14)4-8/h2-4,9,19-20H,5-6H2,1H3,(H,15,17). The minimum atomic E-state index is -1.92. The number of nitrogens with zero attached hydrogens (tertiary/aromatic N) is 1. The van der Waals surface area contributed by atoms with Crippen molar-refractivity contribution in [1.82, 2.24) is 5.32 Å². The molecule has 1 aliphatic rings. The van der Waals surface area contributed by atoms with Gasteiger partial charge in [0.2, 0.25) is 5.91 Å². The summed E-state index contributed by atoms with van der Waals surface area (Å²) in [5.74, 6) is -1.07. The molecule has 21 heavy (non-hydrogen) atoms. The molecule has 1 fully saturated rings. The number of hydrogen-bond donors (Lipinski definition) is 3. The van der Waals surface area contributed by atoms with Gasteiger partial charge in [-0.25, -0.2) is 9.18 Å². The molecule has 1 aromatic rings. The Balaban J connectivity index is 2.10. The summed E-state index contributed by atoms with van der Waals surface area (Å²) in [6.45, 7) is 1.69. The lowest BCUT2D eigenvalue weighted by molar-refractivity contribution is -0.119. The second-order valence-electron chi connectivity index (χ2n) is 4.63. The van der Waals surface area contributed by atoms with Gasteiger partial charge in [-0.05, 0) is 12.1 Å². The fourth-order valence-electron chi connectivity index (χ4n) is 1.99. The van der Waals surface area contributed by atoms with Crippen LogP contribution in [-0.2, 0) is 9.53 Å². The Morgan fingerprint density at radius 2 is 2.29 bits per heavy atom. The molecule has 0 bridgehead atoms. The number of halogens is 1. The molecule has 7 nitrogen and oxygen atoms in total. The van der Waals surface area contributed by atoms with E-state index in [0.29, 0.717) is 0 Å². The third-order valence-electron chi connectivity index (χ3n) is 3.03. The van der Waals surface area contributed by atoms with Gasteiger partial charge in [0.25, 0.3) is 0 Å². The van der Waals surface area contributed by atoms with Crippen LogP contribution in [-0.4, -0.2) is 48.4 Å². The highest BCUT2D eigenvalue weighted by molar-refractivity contribution is 6.58. The maximum atomic E-state index is 13.7. The molecular formula is C12H14BFN2O5. The number of amides is 2. The molecule has 0 saturated carbocycles. The Morgan fingerprint density at radius 3 is 2.86 bits per heavy atom. The van der Waals surface area contributed by atoms with Crippen molar-refractivity contribution >= 4 is 30.3 Å². The second kappa shape index (κ2) is 6.11. The van der Waals surface area contributed by atoms with Crippen LogP contribution in [0.2, 0.25) is 0 Å². The van der Waals surface area contributed by atoms with Crippen LogP contribution < -0.4 is 15.7 Å². The van der Waals surface area contributed by atoms with Gasteiger partial charge in [0.15, 0.2) is 0 Å². The van der Waals surface area contributed by atoms with Gasteiger partial charge in [-0.1, -0.05) is 6.07 Å². The molecule has 1 atom stereocenters. The second-order valence-corrected chi connectivity index (χ2v) is 4.63. The Morgan fingerprint density at radius 1 is 1.57 bits per heavy atom. The largest absolute Gasteiger partial charge is 0.491 e. The van der Waals surface area contributed by atoms with Crippen molar-refractivity contribution in [3.63, 3.8) is 0 Å². The molecule has 0 radical (unpaired) electrons. The summed E-state index contributed by atoms with van der Waals surface area (Å²) in [5.41, 5.74) is -0.0339. The summed E-state index contributed by atoms with van der Waals surface area (Å²) in [6.07, 6.45) is -1.17. The number of hydrogen-bond acceptors (Lipinski definition) is 5. The third-order valence-corrected chi connectivity index (χ3v) is 3.03. The lowest BCUT2D eigenvalue weighted by Gasteiger charge is -2.14. The van der Waals surface area contributed by atoms with E-state index in [0.717, 1.165) is 6.07 Å². The lowest BCUT2D eigenvalue weighted by atomic mass is 9.80. The van der Waals surface area contributed by atoms with E-state index in [2.05, 4.69) is 5.32 Å². The number of cyclic esters (lactones) is 1. The number of carbonyl (C=O) groups is 2. The molecule has 112 valence electrons.